The summed E-state index contributed by atoms with van der Waals surface area (Å²) in [6.07, 6.45) is 13.9. The van der Waals surface area contributed by atoms with Crippen molar-refractivity contribution in [2.24, 2.45) is 5.73 Å². The van der Waals surface area contributed by atoms with E-state index in [2.05, 4.69) is 29.2 Å². The molecule has 0 bridgehead atoms. The fourth-order valence-electron chi connectivity index (χ4n) is 7.70. The van der Waals surface area contributed by atoms with Gasteiger partial charge in [0.15, 0.2) is 7.70 Å². The number of unbranched alkanes of at least 4 members (excludes halogenated alkanes) is 18. The van der Waals surface area contributed by atoms with Crippen molar-refractivity contribution in [2.45, 2.75) is 250 Å². The third kappa shape index (κ3) is 27.1. The Labute approximate surface area is 395 Å². The first-order chi connectivity index (χ1) is 32.0. The number of aliphatic hydroxyl groups excluding tert-OH is 2. The van der Waals surface area contributed by atoms with E-state index in [9.17, 15) is 43.8 Å². The molecule has 1 rings (SSSR count). The Balaban J connectivity index is 2.87. The number of ether oxygens (including phenoxy) is 5. The Hall–Kier alpha value is -3.87. The SMILES string of the molecule is [2H]N(C(=O)[C@@H](C)O[C@H]1[C@H](O)[C@@H](COC(=O)C[C@@H](CCCCCCCCC)OC(=O)CCCCCCCCCCCCCCC)OC(O)[C@@H]1NC(C)=O)[C@@H](C)C(=O)N[C@@H](CCC(=O)OC)C(N)=O. The maximum absolute atomic E-state index is 13.4. The molecule has 0 aromatic rings. The van der Waals surface area contributed by atoms with Crippen LogP contribution in [0.5, 0.6) is 0 Å². The predicted molar refractivity (Wildman–Crippen MR) is 247 cm³/mol. The first kappa shape index (κ1) is 58.3. The van der Waals surface area contributed by atoms with Crippen molar-refractivity contribution in [2.75, 3.05) is 13.7 Å². The van der Waals surface area contributed by atoms with Crippen LogP contribution in [0.2, 0.25) is 1.41 Å². The minimum Gasteiger partial charge on any atom is -0.469 e. The molecule has 1 fully saturated rings. The van der Waals surface area contributed by atoms with Gasteiger partial charge in [-0.3, -0.25) is 33.6 Å². The maximum Gasteiger partial charge on any atom is 0.309 e. The minimum atomic E-state index is -1.81. The lowest BCUT2D eigenvalue weighted by atomic mass is 9.96. The van der Waals surface area contributed by atoms with Gasteiger partial charge >= 0.3 is 17.9 Å². The van der Waals surface area contributed by atoms with Crippen molar-refractivity contribution in [1.29, 1.82) is 0 Å². The molecule has 18 heteroatoms. The number of esters is 3. The number of nitrogens with two attached hydrogens (primary N) is 1. The van der Waals surface area contributed by atoms with Gasteiger partial charge in [-0.2, -0.15) is 0 Å². The molecular weight excluding hydrogens is 857 g/mol. The molecule has 18 nitrogen and oxygen atoms in total. The Bertz CT molecular complexity index is 1460. The van der Waals surface area contributed by atoms with Crippen molar-refractivity contribution in [1.82, 2.24) is 15.9 Å². The van der Waals surface area contributed by atoms with Crippen LogP contribution in [0.4, 0.5) is 0 Å². The van der Waals surface area contributed by atoms with E-state index in [0.717, 1.165) is 71.8 Å². The summed E-state index contributed by atoms with van der Waals surface area (Å²) in [7, 11) is 1.15. The highest BCUT2D eigenvalue weighted by Gasteiger charge is 2.47. The van der Waals surface area contributed by atoms with Gasteiger partial charge in [-0.05, 0) is 39.5 Å². The highest BCUT2D eigenvalue weighted by molar-refractivity contribution is 5.92. The molecule has 1 unspecified atom stereocenters. The first-order valence-electron chi connectivity index (χ1n) is 25.2. The summed E-state index contributed by atoms with van der Waals surface area (Å²) >= 11 is 0. The van der Waals surface area contributed by atoms with Gasteiger partial charge in [0, 0.05) is 19.8 Å². The highest BCUT2D eigenvalue weighted by atomic mass is 16.6. The zero-order chi connectivity index (χ0) is 50.1. The average Bonchev–Trinajstić information content (AvgIpc) is 3.29. The lowest BCUT2D eigenvalue weighted by molar-refractivity contribution is -0.267. The molecule has 4 amide bonds. The quantitative estimate of drug-likeness (QED) is 0.0263. The Morgan fingerprint density at radius 3 is 1.76 bits per heavy atom. The molecule has 0 radical (unpaired) electrons. The molecule has 382 valence electrons. The Morgan fingerprint density at radius 2 is 1.24 bits per heavy atom. The third-order valence-corrected chi connectivity index (χ3v) is 11.7. The number of hydrogen-bond acceptors (Lipinski definition) is 14. The molecule has 0 aromatic heterocycles. The van der Waals surface area contributed by atoms with Gasteiger partial charge in [0.25, 0.3) is 0 Å². The second-order valence-corrected chi connectivity index (χ2v) is 17.6. The zero-order valence-electron chi connectivity index (χ0n) is 41.9. The Kier molecular flexibility index (Phi) is 32.0. The molecule has 0 aromatic carbocycles. The first-order valence-corrected chi connectivity index (χ1v) is 24.7. The van der Waals surface area contributed by atoms with Crippen LogP contribution in [-0.2, 0) is 57.2 Å². The van der Waals surface area contributed by atoms with Gasteiger partial charge in [0.1, 0.15) is 55.3 Å². The number of amides is 4. The summed E-state index contributed by atoms with van der Waals surface area (Å²) in [6, 6.07) is -4.24. The number of carbonyl (C=O) groups excluding carboxylic acids is 7. The second kappa shape index (κ2) is 36.2. The zero-order valence-corrected chi connectivity index (χ0v) is 40.9. The maximum atomic E-state index is 13.4. The summed E-state index contributed by atoms with van der Waals surface area (Å²) in [6.45, 7) is 7.36. The van der Waals surface area contributed by atoms with Gasteiger partial charge in [0.2, 0.25) is 23.6 Å². The Morgan fingerprint density at radius 1 is 0.712 bits per heavy atom. The van der Waals surface area contributed by atoms with Crippen molar-refractivity contribution in [3.63, 3.8) is 0 Å². The van der Waals surface area contributed by atoms with E-state index in [0.29, 0.717) is 12.8 Å². The van der Waals surface area contributed by atoms with Crippen molar-refractivity contribution >= 4 is 41.5 Å². The molecule has 1 heterocycles. The van der Waals surface area contributed by atoms with Crippen LogP contribution in [0.1, 0.15) is 195 Å². The minimum absolute atomic E-state index is 0.191. The number of nitrogens with one attached hydrogen (secondary N) is 3. The van der Waals surface area contributed by atoms with Crippen molar-refractivity contribution < 1.29 is 68.9 Å². The molecule has 0 spiro atoms. The molecule has 7 N–H and O–H groups in total. The number of aliphatic hydroxyl groups is 2. The van der Waals surface area contributed by atoms with Crippen LogP contribution >= 0.6 is 0 Å². The summed E-state index contributed by atoms with van der Waals surface area (Å²) in [5.41, 5.74) is 5.36. The van der Waals surface area contributed by atoms with Crippen LogP contribution < -0.4 is 21.7 Å². The van der Waals surface area contributed by atoms with Gasteiger partial charge < -0.3 is 55.6 Å². The van der Waals surface area contributed by atoms with E-state index in [4.69, 9.17) is 26.1 Å². The van der Waals surface area contributed by atoms with Crippen LogP contribution in [0.25, 0.3) is 0 Å². The number of carbonyl (C=O) groups is 7. The van der Waals surface area contributed by atoms with E-state index in [1.54, 1.807) is 0 Å². The summed E-state index contributed by atoms with van der Waals surface area (Å²) in [5.74, 6) is -5.39. The monoisotopic (exact) mass is 944 g/mol. The molecule has 9 atom stereocenters. The normalized spacial score (nSPS) is 20.2. The molecule has 1 aliphatic rings. The molecule has 0 saturated carbocycles. The predicted octanol–water partition coefficient (Wildman–Crippen LogP) is 5.24. The van der Waals surface area contributed by atoms with Crippen molar-refractivity contribution in [3.8, 4) is 0 Å². The van der Waals surface area contributed by atoms with Crippen LogP contribution in [-0.4, -0.2) is 120 Å². The summed E-state index contributed by atoms with van der Waals surface area (Å²) in [4.78, 5) is 88.1. The van der Waals surface area contributed by atoms with Crippen LogP contribution in [0.15, 0.2) is 0 Å². The lowest BCUT2D eigenvalue weighted by Gasteiger charge is -2.43. The summed E-state index contributed by atoms with van der Waals surface area (Å²) < 4.78 is 35.6. The fourth-order valence-corrected chi connectivity index (χ4v) is 7.70. The molecule has 1 saturated heterocycles. The molecule has 0 aliphatic carbocycles. The standard InChI is InChI=1S/C48H86N4O14/c1-7-9-11-13-15-16-17-18-19-20-22-24-26-28-40(55)65-36(27-25-23-21-14-12-10-8-2)31-41(56)63-32-38-43(57)44(42(48(61)66-38)51-35(5)53)64-34(4)47(60)50-33(3)46(59)52-37(45(49)58)29-30-39(54)62-6/h33-34,36-38,42-44,48,57,61H,7-32H2,1-6H3,(H2,49,58)(H,50,60)(H,51,53)(H,52,59)/t33-,34+,36+,37-,38+,42+,43+,44+,48?/m0/s1/i/hD. The number of primary amides is 1. The van der Waals surface area contributed by atoms with E-state index >= 15 is 0 Å². The van der Waals surface area contributed by atoms with E-state index in [1.165, 1.54) is 78.1 Å². The number of hydrogen-bond donors (Lipinski definition) is 6. The lowest BCUT2D eigenvalue weighted by Crippen LogP contribution is -2.66. The molecular formula is C48H86N4O14. The smallest absolute Gasteiger partial charge is 0.309 e. The fraction of sp³-hybridized carbons (Fsp3) is 0.854. The van der Waals surface area contributed by atoms with E-state index in [1.807, 2.05) is 0 Å². The molecule has 1 aliphatic heterocycles. The average molecular weight is 944 g/mol. The second-order valence-electron chi connectivity index (χ2n) is 17.6. The van der Waals surface area contributed by atoms with Gasteiger partial charge in [0.05, 0.1) is 13.5 Å². The van der Waals surface area contributed by atoms with E-state index in [-0.39, 0.29) is 37.0 Å². The largest absolute Gasteiger partial charge is 0.469 e. The van der Waals surface area contributed by atoms with Gasteiger partial charge in [-0.25, -0.2) is 0 Å². The highest BCUT2D eigenvalue weighted by Crippen LogP contribution is 2.25. The molecule has 66 heavy (non-hydrogen) atoms. The van der Waals surface area contributed by atoms with Gasteiger partial charge in [-0.1, -0.05) is 129 Å². The van der Waals surface area contributed by atoms with Gasteiger partial charge in [-0.15, -0.1) is 0 Å². The summed E-state index contributed by atoms with van der Waals surface area (Å²) in [5, 5.41) is 27.4. The van der Waals surface area contributed by atoms with Crippen LogP contribution in [0, 0.1) is 0 Å². The van der Waals surface area contributed by atoms with Crippen molar-refractivity contribution in [3.05, 3.63) is 0 Å². The van der Waals surface area contributed by atoms with E-state index < -0.39 is 97.1 Å². The topological polar surface area (TPSA) is 268 Å². The number of methoxy groups -OCH3 is 1. The van der Waals surface area contributed by atoms with Crippen LogP contribution in [0.3, 0.4) is 0 Å². The third-order valence-electron chi connectivity index (χ3n) is 11.7. The number of rotatable bonds is 38.